The predicted molar refractivity (Wildman–Crippen MR) is 126 cm³/mol. The normalized spacial score (nSPS) is 13.6. The van der Waals surface area contributed by atoms with Crippen LogP contribution in [0.4, 0.5) is 4.79 Å². The van der Waals surface area contributed by atoms with Crippen LogP contribution in [-0.2, 0) is 17.6 Å². The maximum absolute atomic E-state index is 13.7. The van der Waals surface area contributed by atoms with Gasteiger partial charge in [0, 0.05) is 11.9 Å². The van der Waals surface area contributed by atoms with Gasteiger partial charge in [0.05, 0.1) is 22.9 Å². The van der Waals surface area contributed by atoms with Gasteiger partial charge in [-0.2, -0.15) is 0 Å². The predicted octanol–water partition coefficient (Wildman–Crippen LogP) is 3.27. The first kappa shape index (κ1) is 22.3. The van der Waals surface area contributed by atoms with E-state index in [-0.39, 0.29) is 5.56 Å². The number of fused-ring (bicyclic) bond motifs is 3. The number of amides is 3. The van der Waals surface area contributed by atoms with Gasteiger partial charge in [-0.05, 0) is 62.9 Å². The van der Waals surface area contributed by atoms with Gasteiger partial charge in [-0.1, -0.05) is 11.8 Å². The van der Waals surface area contributed by atoms with Gasteiger partial charge in [-0.25, -0.2) is 9.78 Å². The van der Waals surface area contributed by atoms with E-state index in [9.17, 15) is 14.4 Å². The number of carbonyl (C=O) groups excluding carboxylic acids is 2. The van der Waals surface area contributed by atoms with Crippen molar-refractivity contribution < 1.29 is 14.3 Å². The molecule has 1 aliphatic rings. The molecule has 10 heteroatoms. The summed E-state index contributed by atoms with van der Waals surface area (Å²) in [4.78, 5) is 44.3. The Morgan fingerprint density at radius 2 is 2.03 bits per heavy atom. The molecule has 1 unspecified atom stereocenters. The van der Waals surface area contributed by atoms with Crippen molar-refractivity contribution in [1.29, 1.82) is 0 Å². The van der Waals surface area contributed by atoms with E-state index in [2.05, 4.69) is 10.6 Å². The SMILES string of the molecule is CCOc1ccc(-n2c(SC(C)C(=O)NC(=O)NC)nc3sc4c(c3c2=O)CCC4)cc1. The van der Waals surface area contributed by atoms with E-state index in [0.29, 0.717) is 33.4 Å². The molecule has 168 valence electrons. The molecule has 2 N–H and O–H groups in total. The summed E-state index contributed by atoms with van der Waals surface area (Å²) in [5.74, 6) is 0.248. The molecule has 0 bridgehead atoms. The van der Waals surface area contributed by atoms with Crippen molar-refractivity contribution in [2.45, 2.75) is 43.5 Å². The van der Waals surface area contributed by atoms with E-state index in [4.69, 9.17) is 9.72 Å². The molecule has 1 atom stereocenters. The maximum Gasteiger partial charge on any atom is 0.321 e. The van der Waals surface area contributed by atoms with E-state index in [1.165, 1.54) is 11.9 Å². The Hall–Kier alpha value is -2.85. The van der Waals surface area contributed by atoms with E-state index in [0.717, 1.165) is 36.6 Å². The van der Waals surface area contributed by atoms with E-state index >= 15 is 0 Å². The number of hydrogen-bond acceptors (Lipinski definition) is 7. The summed E-state index contributed by atoms with van der Waals surface area (Å²) in [6, 6.07) is 6.66. The van der Waals surface area contributed by atoms with E-state index in [1.54, 1.807) is 22.8 Å². The van der Waals surface area contributed by atoms with Crippen LogP contribution in [0.15, 0.2) is 34.2 Å². The summed E-state index contributed by atoms with van der Waals surface area (Å²) in [5, 5.41) is 5.07. The fourth-order valence-corrected chi connectivity index (χ4v) is 5.91. The minimum atomic E-state index is -0.641. The molecule has 4 rings (SSSR count). The molecule has 0 spiro atoms. The smallest absolute Gasteiger partial charge is 0.321 e. The highest BCUT2D eigenvalue weighted by Crippen LogP contribution is 2.36. The molecular weight excluding hydrogens is 448 g/mol. The third kappa shape index (κ3) is 4.24. The molecule has 3 amide bonds. The number of benzene rings is 1. The summed E-state index contributed by atoms with van der Waals surface area (Å²) < 4.78 is 7.08. The molecule has 3 aromatic rings. The van der Waals surface area contributed by atoms with Crippen molar-refractivity contribution in [3.8, 4) is 11.4 Å². The second-order valence-corrected chi connectivity index (χ2v) is 9.72. The van der Waals surface area contributed by atoms with Gasteiger partial charge in [0.1, 0.15) is 10.6 Å². The zero-order valence-corrected chi connectivity index (χ0v) is 19.7. The molecule has 0 radical (unpaired) electrons. The number of urea groups is 1. The number of aryl methyl sites for hydroxylation is 2. The van der Waals surface area contributed by atoms with Crippen LogP contribution in [0.25, 0.3) is 15.9 Å². The highest BCUT2D eigenvalue weighted by atomic mass is 32.2. The largest absolute Gasteiger partial charge is 0.494 e. The minimum absolute atomic E-state index is 0.139. The molecule has 32 heavy (non-hydrogen) atoms. The standard InChI is InChI=1S/C22H24N4O4S2/c1-4-30-14-10-8-13(9-11-14)26-20(28)17-15-6-5-7-16(15)32-19(17)25-22(26)31-12(2)18(27)24-21(29)23-3/h8-12H,4-7H2,1-3H3,(H2,23,24,27,29). The van der Waals surface area contributed by atoms with Crippen molar-refractivity contribution in [3.05, 3.63) is 45.1 Å². The number of thiophene rings is 1. The number of nitrogens with one attached hydrogen (secondary N) is 2. The first-order valence-electron chi connectivity index (χ1n) is 10.4. The Labute approximate surface area is 193 Å². The van der Waals surface area contributed by atoms with Gasteiger partial charge in [-0.15, -0.1) is 11.3 Å². The molecule has 2 aromatic heterocycles. The first-order valence-corrected chi connectivity index (χ1v) is 12.1. The summed E-state index contributed by atoms with van der Waals surface area (Å²) in [6.07, 6.45) is 2.89. The van der Waals surface area contributed by atoms with Crippen LogP contribution in [0.1, 0.15) is 30.7 Å². The fraction of sp³-hybridized carbons (Fsp3) is 0.364. The average Bonchev–Trinajstić information content (AvgIpc) is 3.35. The van der Waals surface area contributed by atoms with Gasteiger partial charge in [0.25, 0.3) is 5.56 Å². The fourth-order valence-electron chi connectivity index (χ4n) is 3.68. The van der Waals surface area contributed by atoms with Gasteiger partial charge >= 0.3 is 6.03 Å². The third-order valence-corrected chi connectivity index (χ3v) is 7.47. The maximum atomic E-state index is 13.7. The highest BCUT2D eigenvalue weighted by Gasteiger charge is 2.26. The van der Waals surface area contributed by atoms with Crippen molar-refractivity contribution in [2.24, 2.45) is 0 Å². The van der Waals surface area contributed by atoms with E-state index < -0.39 is 17.2 Å². The van der Waals surface area contributed by atoms with Crippen molar-refractivity contribution >= 4 is 45.3 Å². The van der Waals surface area contributed by atoms with Crippen molar-refractivity contribution in [1.82, 2.24) is 20.2 Å². The van der Waals surface area contributed by atoms with Crippen LogP contribution in [0.3, 0.4) is 0 Å². The number of aromatic nitrogens is 2. The molecule has 0 saturated heterocycles. The number of rotatable bonds is 6. The average molecular weight is 473 g/mol. The second kappa shape index (κ2) is 9.33. The Morgan fingerprint density at radius 3 is 2.72 bits per heavy atom. The molecule has 0 saturated carbocycles. The number of thioether (sulfide) groups is 1. The summed E-state index contributed by atoms with van der Waals surface area (Å²) in [5.41, 5.74) is 1.61. The quantitative estimate of drug-likeness (QED) is 0.422. The lowest BCUT2D eigenvalue weighted by Crippen LogP contribution is -2.41. The summed E-state index contributed by atoms with van der Waals surface area (Å²) in [6.45, 7) is 4.14. The van der Waals surface area contributed by atoms with Crippen LogP contribution in [-0.4, -0.2) is 40.4 Å². The van der Waals surface area contributed by atoms with E-state index in [1.807, 2.05) is 31.2 Å². The zero-order chi connectivity index (χ0) is 22.8. The minimum Gasteiger partial charge on any atom is -0.494 e. The molecule has 0 fully saturated rings. The second-order valence-electron chi connectivity index (χ2n) is 7.33. The van der Waals surface area contributed by atoms with Gasteiger partial charge < -0.3 is 10.1 Å². The molecule has 2 heterocycles. The molecular formula is C22H24N4O4S2. The molecule has 0 aliphatic heterocycles. The van der Waals surface area contributed by atoms with Crippen LogP contribution in [0.5, 0.6) is 5.75 Å². The number of ether oxygens (including phenoxy) is 1. The molecule has 1 aromatic carbocycles. The number of carbonyl (C=O) groups is 2. The lowest BCUT2D eigenvalue weighted by molar-refractivity contribution is -0.119. The lowest BCUT2D eigenvalue weighted by Gasteiger charge is -2.16. The third-order valence-electron chi connectivity index (χ3n) is 5.23. The Balaban J connectivity index is 1.80. The van der Waals surface area contributed by atoms with Crippen LogP contribution < -0.4 is 20.9 Å². The number of hydrogen-bond donors (Lipinski definition) is 2. The van der Waals surface area contributed by atoms with Gasteiger partial charge in [0.15, 0.2) is 5.16 Å². The highest BCUT2D eigenvalue weighted by molar-refractivity contribution is 8.00. The van der Waals surface area contributed by atoms with Crippen LogP contribution in [0.2, 0.25) is 0 Å². The first-order chi connectivity index (χ1) is 15.4. The molecule has 8 nitrogen and oxygen atoms in total. The van der Waals surface area contributed by atoms with Crippen molar-refractivity contribution in [3.63, 3.8) is 0 Å². The monoisotopic (exact) mass is 472 g/mol. The Kier molecular flexibility index (Phi) is 6.52. The van der Waals surface area contributed by atoms with Crippen LogP contribution >= 0.6 is 23.1 Å². The Morgan fingerprint density at radius 1 is 1.28 bits per heavy atom. The van der Waals surface area contributed by atoms with Gasteiger partial charge in [-0.3, -0.25) is 19.5 Å². The topological polar surface area (TPSA) is 102 Å². The number of nitrogens with zero attached hydrogens (tertiary/aromatic N) is 2. The van der Waals surface area contributed by atoms with Crippen molar-refractivity contribution in [2.75, 3.05) is 13.7 Å². The van der Waals surface area contributed by atoms with Gasteiger partial charge in [0.2, 0.25) is 5.91 Å². The number of imide groups is 1. The summed E-state index contributed by atoms with van der Waals surface area (Å²) >= 11 is 2.70. The summed E-state index contributed by atoms with van der Waals surface area (Å²) in [7, 11) is 1.44. The lowest BCUT2D eigenvalue weighted by atomic mass is 10.2. The van der Waals surface area contributed by atoms with Crippen LogP contribution in [0, 0.1) is 0 Å². The molecule has 1 aliphatic carbocycles. The zero-order valence-electron chi connectivity index (χ0n) is 18.1. The Bertz CT molecular complexity index is 1230.